The molecule has 1 N–H and O–H groups in total. The molecule has 0 heterocycles. The van der Waals surface area contributed by atoms with Crippen LogP contribution in [0.25, 0.3) is 0 Å². The Kier molecular flexibility index (Phi) is 8.10. The Morgan fingerprint density at radius 2 is 1.74 bits per heavy atom. The summed E-state index contributed by atoms with van der Waals surface area (Å²) in [5.74, 6) is 0.402. The fourth-order valence-electron chi connectivity index (χ4n) is 2.71. The van der Waals surface area contributed by atoms with Crippen molar-refractivity contribution in [3.8, 4) is 6.07 Å². The van der Waals surface area contributed by atoms with E-state index in [9.17, 15) is 13.7 Å². The summed E-state index contributed by atoms with van der Waals surface area (Å²) in [6.45, 7) is 0. The van der Waals surface area contributed by atoms with Crippen LogP contribution in [-0.2, 0) is 15.6 Å². The largest absolute Gasteiger partial charge is 0.349 e. The van der Waals surface area contributed by atoms with E-state index >= 15 is 0 Å². The van der Waals surface area contributed by atoms with E-state index < -0.39 is 9.84 Å². The van der Waals surface area contributed by atoms with Gasteiger partial charge in [-0.3, -0.25) is 0 Å². The van der Waals surface area contributed by atoms with Gasteiger partial charge in [-0.05, 0) is 48.2 Å². The van der Waals surface area contributed by atoms with Gasteiger partial charge in [-0.15, -0.1) is 23.5 Å². The third-order valence-electron chi connectivity index (χ3n) is 4.29. The minimum Gasteiger partial charge on any atom is -0.349 e. The molecule has 0 atom stereocenters. The second kappa shape index (κ2) is 10.8. The molecule has 0 spiro atoms. The van der Waals surface area contributed by atoms with Crippen LogP contribution in [0.4, 0.5) is 5.69 Å². The number of hydrogen-bond donors (Lipinski definition) is 1. The normalized spacial score (nSPS) is 12.0. The van der Waals surface area contributed by atoms with E-state index in [2.05, 4.69) is 5.32 Å². The smallest absolute Gasteiger partial charge is 0.219 e. The number of benzene rings is 3. The first kappa shape index (κ1) is 23.3. The Morgan fingerprint density at radius 1 is 1.03 bits per heavy atom. The van der Waals surface area contributed by atoms with Gasteiger partial charge in [0.15, 0.2) is 4.91 Å². The summed E-state index contributed by atoms with van der Waals surface area (Å²) < 4.78 is 26.5. The molecule has 8 heteroatoms. The molecule has 0 fully saturated rings. The topological polar surface area (TPSA) is 70.0 Å². The van der Waals surface area contributed by atoms with Gasteiger partial charge in [0.05, 0.1) is 4.90 Å². The van der Waals surface area contributed by atoms with Crippen LogP contribution in [0, 0.1) is 11.3 Å². The highest BCUT2D eigenvalue weighted by Gasteiger charge is 2.25. The van der Waals surface area contributed by atoms with Gasteiger partial charge in [0.1, 0.15) is 11.1 Å². The van der Waals surface area contributed by atoms with Crippen LogP contribution in [0.1, 0.15) is 5.56 Å². The van der Waals surface area contributed by atoms with Crippen molar-refractivity contribution in [3.05, 3.63) is 99.4 Å². The molecule has 3 rings (SSSR count). The fourth-order valence-corrected chi connectivity index (χ4v) is 6.04. The highest BCUT2D eigenvalue weighted by atomic mass is 35.5. The van der Waals surface area contributed by atoms with Gasteiger partial charge >= 0.3 is 0 Å². The van der Waals surface area contributed by atoms with Crippen molar-refractivity contribution in [1.82, 2.24) is 0 Å². The van der Waals surface area contributed by atoms with Gasteiger partial charge in [-0.25, -0.2) is 8.42 Å². The predicted octanol–water partition coefficient (Wildman–Crippen LogP) is 6.57. The average Bonchev–Trinajstić information content (AvgIpc) is 2.79. The first-order valence-corrected chi connectivity index (χ1v) is 13.2. The molecule has 0 aromatic heterocycles. The Bertz CT molecular complexity index is 1240. The zero-order valence-corrected chi connectivity index (χ0v) is 19.8. The molecule has 0 amide bonds. The fraction of sp³-hybridized carbons (Fsp3) is 0.0870. The molecule has 0 aliphatic rings. The van der Waals surface area contributed by atoms with Crippen LogP contribution < -0.4 is 5.32 Å². The second-order valence-electron chi connectivity index (χ2n) is 6.32. The summed E-state index contributed by atoms with van der Waals surface area (Å²) in [7, 11) is -4.00. The third-order valence-corrected chi connectivity index (χ3v) is 8.29. The first-order chi connectivity index (χ1) is 15.0. The number of nitriles is 1. The second-order valence-corrected chi connectivity index (χ2v) is 10.5. The summed E-state index contributed by atoms with van der Waals surface area (Å²) in [4.78, 5) is 0.761. The van der Waals surface area contributed by atoms with E-state index in [0.29, 0.717) is 16.5 Å². The van der Waals surface area contributed by atoms with Crippen molar-refractivity contribution in [2.45, 2.75) is 15.5 Å². The van der Waals surface area contributed by atoms with Gasteiger partial charge in [-0.2, -0.15) is 5.26 Å². The maximum atomic E-state index is 13.2. The van der Waals surface area contributed by atoms with Crippen molar-refractivity contribution in [3.63, 3.8) is 0 Å². The lowest BCUT2D eigenvalue weighted by molar-refractivity contribution is 0.603. The Balaban J connectivity index is 2.06. The minimum absolute atomic E-state index is 0.0713. The first-order valence-electron chi connectivity index (χ1n) is 9.17. The highest BCUT2D eigenvalue weighted by molar-refractivity contribution is 8.04. The van der Waals surface area contributed by atoms with Crippen molar-refractivity contribution in [2.75, 3.05) is 11.6 Å². The monoisotopic (exact) mass is 486 g/mol. The lowest BCUT2D eigenvalue weighted by Crippen LogP contribution is -2.10. The van der Waals surface area contributed by atoms with Crippen LogP contribution in [0.15, 0.2) is 98.6 Å². The van der Waals surface area contributed by atoms with E-state index in [1.807, 2.05) is 54.8 Å². The van der Waals surface area contributed by atoms with E-state index in [1.165, 1.54) is 23.9 Å². The number of allylic oxidation sites excluding steroid dienone is 1. The minimum atomic E-state index is -4.00. The number of thioether (sulfide) groups is 2. The van der Waals surface area contributed by atoms with E-state index in [0.717, 1.165) is 10.5 Å². The number of nitrogens with one attached hydrogen (secondary N) is 1. The number of halogens is 1. The van der Waals surface area contributed by atoms with Gasteiger partial charge in [0.2, 0.25) is 9.84 Å². The van der Waals surface area contributed by atoms with Crippen molar-refractivity contribution < 1.29 is 8.42 Å². The van der Waals surface area contributed by atoms with Crippen LogP contribution in [0.2, 0.25) is 5.02 Å². The lowest BCUT2D eigenvalue weighted by Gasteiger charge is -2.15. The number of rotatable bonds is 8. The van der Waals surface area contributed by atoms with Gasteiger partial charge in [0.25, 0.3) is 0 Å². The summed E-state index contributed by atoms with van der Waals surface area (Å²) >= 11 is 9.07. The molecule has 4 nitrogen and oxygen atoms in total. The molecule has 3 aromatic carbocycles. The Morgan fingerprint density at radius 3 is 2.42 bits per heavy atom. The van der Waals surface area contributed by atoms with Gasteiger partial charge in [0, 0.05) is 21.4 Å². The Hall–Kier alpha value is -2.37. The van der Waals surface area contributed by atoms with E-state index in [-0.39, 0.29) is 14.8 Å². The SMILES string of the molecule is CSc1cccc(NC(SCc2ccccc2Cl)=C(C#N)S(=O)(=O)c2ccccc2)c1. The molecular formula is C23H19ClN2O2S3. The van der Waals surface area contributed by atoms with Crippen LogP contribution in [0.5, 0.6) is 0 Å². The standard InChI is InChI=1S/C23H19ClN2O2S3/c1-29-19-10-7-9-18(14-19)26-23(30-16-17-8-5-6-13-21(17)24)22(15-25)31(27,28)20-11-3-2-4-12-20/h2-14,26H,16H2,1H3. The lowest BCUT2D eigenvalue weighted by atomic mass is 10.2. The number of nitrogens with zero attached hydrogens (tertiary/aromatic N) is 1. The van der Waals surface area contributed by atoms with Gasteiger partial charge in [-0.1, -0.05) is 54.1 Å². The number of anilines is 1. The zero-order chi connectivity index (χ0) is 22.3. The predicted molar refractivity (Wildman–Crippen MR) is 131 cm³/mol. The summed E-state index contributed by atoms with van der Waals surface area (Å²) in [5, 5.41) is 13.8. The summed E-state index contributed by atoms with van der Waals surface area (Å²) in [6.07, 6.45) is 1.96. The molecule has 0 aliphatic heterocycles. The molecule has 0 aliphatic carbocycles. The molecule has 158 valence electrons. The summed E-state index contributed by atoms with van der Waals surface area (Å²) in [6, 6.07) is 24.8. The molecular weight excluding hydrogens is 468 g/mol. The van der Waals surface area contributed by atoms with Crippen molar-refractivity contribution in [1.29, 1.82) is 5.26 Å². The van der Waals surface area contributed by atoms with Crippen LogP contribution in [-0.4, -0.2) is 14.7 Å². The van der Waals surface area contributed by atoms with E-state index in [4.69, 9.17) is 11.6 Å². The molecule has 0 radical (unpaired) electrons. The average molecular weight is 487 g/mol. The van der Waals surface area contributed by atoms with Crippen molar-refractivity contribution >= 4 is 50.6 Å². The van der Waals surface area contributed by atoms with Crippen LogP contribution in [0.3, 0.4) is 0 Å². The molecule has 0 saturated heterocycles. The maximum Gasteiger partial charge on any atom is 0.219 e. The summed E-state index contributed by atoms with van der Waals surface area (Å²) in [5.41, 5.74) is 1.55. The third kappa shape index (κ3) is 5.86. The number of sulfone groups is 1. The number of hydrogen-bond acceptors (Lipinski definition) is 6. The maximum absolute atomic E-state index is 13.2. The zero-order valence-electron chi connectivity index (χ0n) is 16.6. The molecule has 0 bridgehead atoms. The van der Waals surface area contributed by atoms with E-state index in [1.54, 1.807) is 36.0 Å². The Labute approximate surface area is 196 Å². The molecule has 0 saturated carbocycles. The van der Waals surface area contributed by atoms with Crippen molar-refractivity contribution in [2.24, 2.45) is 0 Å². The molecule has 3 aromatic rings. The highest BCUT2D eigenvalue weighted by Crippen LogP contribution is 2.33. The van der Waals surface area contributed by atoms with Crippen LogP contribution >= 0.6 is 35.1 Å². The quantitative estimate of drug-likeness (QED) is 0.286. The molecule has 31 heavy (non-hydrogen) atoms. The van der Waals surface area contributed by atoms with Gasteiger partial charge < -0.3 is 5.32 Å². The molecule has 0 unspecified atom stereocenters.